The maximum atomic E-state index is 10.8. The van der Waals surface area contributed by atoms with Crippen molar-refractivity contribution < 1.29 is 19.5 Å². The van der Waals surface area contributed by atoms with Crippen LogP contribution in [0, 0.1) is 10.1 Å². The Morgan fingerprint density at radius 3 is 2.56 bits per heavy atom. The van der Waals surface area contributed by atoms with Gasteiger partial charge in [-0.15, -0.1) is 10.1 Å². The summed E-state index contributed by atoms with van der Waals surface area (Å²) < 4.78 is 5.33. The lowest BCUT2D eigenvalue weighted by atomic mass is 10.3. The fourth-order valence-electron chi connectivity index (χ4n) is 1.23. The van der Waals surface area contributed by atoms with Crippen LogP contribution in [0.1, 0.15) is 13.3 Å². The average Bonchev–Trinajstić information content (AvgIpc) is 2.30. The molecule has 0 aliphatic rings. The number of nitrogens with one attached hydrogen (secondary N) is 1. The van der Waals surface area contributed by atoms with E-state index in [-0.39, 0.29) is 12.5 Å². The van der Waals surface area contributed by atoms with E-state index in [0.29, 0.717) is 24.5 Å². The molecule has 0 aliphatic carbocycles. The summed E-state index contributed by atoms with van der Waals surface area (Å²) in [6.45, 7) is 1.77. The van der Waals surface area contributed by atoms with Crippen molar-refractivity contribution in [1.29, 1.82) is 0 Å². The van der Waals surface area contributed by atoms with E-state index in [9.17, 15) is 14.9 Å². The molecule has 1 aromatic carbocycles. The van der Waals surface area contributed by atoms with Crippen LogP contribution in [0.3, 0.4) is 0 Å². The second kappa shape index (κ2) is 7.10. The van der Waals surface area contributed by atoms with E-state index in [0.717, 1.165) is 0 Å². The number of carbonyl (C=O) groups is 1. The lowest BCUT2D eigenvalue weighted by molar-refractivity contribution is -0.757. The Bertz CT molecular complexity index is 404. The molecule has 0 saturated heterocycles. The summed E-state index contributed by atoms with van der Waals surface area (Å²) in [4.78, 5) is 24.8. The van der Waals surface area contributed by atoms with Gasteiger partial charge < -0.3 is 14.9 Å². The molecule has 18 heavy (non-hydrogen) atoms. The van der Waals surface area contributed by atoms with Crippen LogP contribution in [-0.2, 0) is 9.63 Å². The first-order valence-electron chi connectivity index (χ1n) is 5.35. The Morgan fingerprint density at radius 1 is 1.33 bits per heavy atom. The maximum Gasteiger partial charge on any atom is 0.294 e. The zero-order valence-corrected chi connectivity index (χ0v) is 9.92. The molecule has 0 spiro atoms. The molecule has 7 heteroatoms. The highest BCUT2D eigenvalue weighted by atomic mass is 16.9. The number of carbonyl (C=O) groups excluding carboxylic acids is 1. The van der Waals surface area contributed by atoms with Gasteiger partial charge in [-0.05, 0) is 24.3 Å². The Labute approximate surface area is 104 Å². The molecule has 0 radical (unpaired) electrons. The summed E-state index contributed by atoms with van der Waals surface area (Å²) in [6.07, 6.45) is 0.425. The number of hydrogen-bond donors (Lipinski definition) is 1. The summed E-state index contributed by atoms with van der Waals surface area (Å²) in [5.74, 6) is 0.491. The van der Waals surface area contributed by atoms with E-state index in [1.807, 2.05) is 0 Å². The third kappa shape index (κ3) is 5.69. The minimum Gasteiger partial charge on any atom is -0.494 e. The largest absolute Gasteiger partial charge is 0.494 e. The van der Waals surface area contributed by atoms with E-state index >= 15 is 0 Å². The van der Waals surface area contributed by atoms with Gasteiger partial charge in [0.25, 0.3) is 5.09 Å². The first-order valence-corrected chi connectivity index (χ1v) is 5.35. The van der Waals surface area contributed by atoms with Gasteiger partial charge in [0.1, 0.15) is 5.75 Å². The monoisotopic (exact) mass is 254 g/mol. The second-order valence-electron chi connectivity index (χ2n) is 3.46. The van der Waals surface area contributed by atoms with Crippen LogP contribution < -0.4 is 10.1 Å². The number of benzene rings is 1. The molecule has 0 atom stereocenters. The number of nitrogens with zero attached hydrogens (tertiary/aromatic N) is 1. The molecule has 1 rings (SSSR count). The van der Waals surface area contributed by atoms with Gasteiger partial charge in [0.15, 0.2) is 0 Å². The van der Waals surface area contributed by atoms with Crippen LogP contribution in [0.25, 0.3) is 0 Å². The molecule has 0 heterocycles. The summed E-state index contributed by atoms with van der Waals surface area (Å²) in [6, 6.07) is 6.84. The van der Waals surface area contributed by atoms with Gasteiger partial charge in [-0.3, -0.25) is 4.79 Å². The Morgan fingerprint density at radius 2 is 2.00 bits per heavy atom. The first-order chi connectivity index (χ1) is 8.58. The van der Waals surface area contributed by atoms with E-state index in [1.54, 1.807) is 24.3 Å². The minimum absolute atomic E-state index is 0.0109. The van der Waals surface area contributed by atoms with E-state index in [1.165, 1.54) is 6.92 Å². The molecule has 1 N–H and O–H groups in total. The number of ether oxygens (including phenoxy) is 1. The van der Waals surface area contributed by atoms with Gasteiger partial charge in [0.05, 0.1) is 13.2 Å². The van der Waals surface area contributed by atoms with Crippen molar-refractivity contribution in [2.24, 2.45) is 0 Å². The fourth-order valence-corrected chi connectivity index (χ4v) is 1.23. The summed E-state index contributed by atoms with van der Waals surface area (Å²) in [5, 5.41) is 11.7. The third-order valence-electron chi connectivity index (χ3n) is 1.93. The molecule has 0 fully saturated rings. The minimum atomic E-state index is -0.831. The number of hydrogen-bond acceptors (Lipinski definition) is 5. The molecule has 0 aromatic heterocycles. The predicted molar refractivity (Wildman–Crippen MR) is 63.8 cm³/mol. The van der Waals surface area contributed by atoms with Crippen molar-refractivity contribution in [2.45, 2.75) is 13.3 Å². The molecule has 0 aliphatic heterocycles. The van der Waals surface area contributed by atoms with Crippen molar-refractivity contribution in [3.05, 3.63) is 34.4 Å². The van der Waals surface area contributed by atoms with Crippen LogP contribution in [0.5, 0.6) is 5.75 Å². The SMILES string of the molecule is CC(=O)Nc1ccc(OCCCO[N+](=O)[O-])cc1. The smallest absolute Gasteiger partial charge is 0.294 e. The molecular weight excluding hydrogens is 240 g/mol. The normalized spacial score (nSPS) is 9.61. The highest BCUT2D eigenvalue weighted by Crippen LogP contribution is 2.15. The number of rotatable bonds is 7. The molecule has 7 nitrogen and oxygen atoms in total. The van der Waals surface area contributed by atoms with E-state index < -0.39 is 5.09 Å². The second-order valence-corrected chi connectivity index (χ2v) is 3.46. The van der Waals surface area contributed by atoms with Crippen molar-refractivity contribution in [1.82, 2.24) is 0 Å². The number of amides is 1. The average molecular weight is 254 g/mol. The molecule has 98 valence electrons. The van der Waals surface area contributed by atoms with E-state index in [4.69, 9.17) is 4.74 Å². The number of anilines is 1. The van der Waals surface area contributed by atoms with Gasteiger partial charge in [0, 0.05) is 19.0 Å². The third-order valence-corrected chi connectivity index (χ3v) is 1.93. The quantitative estimate of drug-likeness (QED) is 0.453. The standard InChI is InChI=1S/C11H14N2O5/c1-9(14)12-10-3-5-11(6-4-10)17-7-2-8-18-13(15)16/h3-6H,2,7-8H2,1H3,(H,12,14). The lowest BCUT2D eigenvalue weighted by Gasteiger charge is -2.07. The van der Waals surface area contributed by atoms with Gasteiger partial charge >= 0.3 is 0 Å². The van der Waals surface area contributed by atoms with E-state index in [2.05, 4.69) is 10.2 Å². The van der Waals surface area contributed by atoms with Gasteiger partial charge in [-0.1, -0.05) is 0 Å². The Hall–Kier alpha value is -2.31. The van der Waals surface area contributed by atoms with Crippen LogP contribution in [0.2, 0.25) is 0 Å². The van der Waals surface area contributed by atoms with Crippen LogP contribution in [0.15, 0.2) is 24.3 Å². The van der Waals surface area contributed by atoms with Crippen molar-refractivity contribution in [2.75, 3.05) is 18.5 Å². The Kier molecular flexibility index (Phi) is 5.43. The molecule has 0 bridgehead atoms. The molecule has 0 saturated carbocycles. The summed E-state index contributed by atoms with van der Waals surface area (Å²) >= 11 is 0. The Balaban J connectivity index is 2.26. The fraction of sp³-hybridized carbons (Fsp3) is 0.364. The van der Waals surface area contributed by atoms with Crippen LogP contribution in [-0.4, -0.2) is 24.2 Å². The molecule has 0 unspecified atom stereocenters. The van der Waals surface area contributed by atoms with Crippen molar-refractivity contribution in [3.63, 3.8) is 0 Å². The highest BCUT2D eigenvalue weighted by molar-refractivity contribution is 5.88. The molecular formula is C11H14N2O5. The summed E-state index contributed by atoms with van der Waals surface area (Å²) in [7, 11) is 0. The zero-order valence-electron chi connectivity index (χ0n) is 9.92. The van der Waals surface area contributed by atoms with Gasteiger partial charge in [-0.25, -0.2) is 0 Å². The lowest BCUT2D eigenvalue weighted by Crippen LogP contribution is -2.07. The van der Waals surface area contributed by atoms with Crippen molar-refractivity contribution in [3.8, 4) is 5.75 Å². The maximum absolute atomic E-state index is 10.8. The van der Waals surface area contributed by atoms with Gasteiger partial charge in [0.2, 0.25) is 5.91 Å². The summed E-state index contributed by atoms with van der Waals surface area (Å²) in [5.41, 5.74) is 0.687. The highest BCUT2D eigenvalue weighted by Gasteiger charge is 1.98. The predicted octanol–water partition coefficient (Wildman–Crippen LogP) is 1.62. The first kappa shape index (κ1) is 13.8. The van der Waals surface area contributed by atoms with Crippen LogP contribution in [0.4, 0.5) is 5.69 Å². The zero-order chi connectivity index (χ0) is 13.4. The van der Waals surface area contributed by atoms with Crippen molar-refractivity contribution >= 4 is 11.6 Å². The van der Waals surface area contributed by atoms with Crippen LogP contribution >= 0.6 is 0 Å². The van der Waals surface area contributed by atoms with Gasteiger partial charge in [-0.2, -0.15) is 0 Å². The molecule has 1 aromatic rings. The molecule has 1 amide bonds. The topological polar surface area (TPSA) is 90.7 Å².